The molecule has 0 aromatic rings. The van der Waals surface area contributed by atoms with Gasteiger partial charge in [-0.15, -0.1) is 0 Å². The highest BCUT2D eigenvalue weighted by Crippen LogP contribution is 2.35. The van der Waals surface area contributed by atoms with E-state index in [0.29, 0.717) is 5.41 Å². The highest BCUT2D eigenvalue weighted by atomic mass is 32.2. The van der Waals surface area contributed by atoms with Crippen LogP contribution in [0, 0.1) is 5.41 Å². The molecule has 1 rings (SSSR count). The molecule has 1 aliphatic rings. The second kappa shape index (κ2) is 6.15. The summed E-state index contributed by atoms with van der Waals surface area (Å²) < 4.78 is 0. The molecule has 0 spiro atoms. The molecular weight excluding hydrogens is 202 g/mol. The van der Waals surface area contributed by atoms with E-state index in [4.69, 9.17) is 0 Å². The first kappa shape index (κ1) is 13.4. The average molecular weight is 229 g/mol. The van der Waals surface area contributed by atoms with E-state index in [2.05, 4.69) is 32.3 Å². The molecular formula is C13H27NS. The van der Waals surface area contributed by atoms with Crippen LogP contribution in [0.15, 0.2) is 0 Å². The van der Waals surface area contributed by atoms with Crippen LogP contribution in [0.25, 0.3) is 0 Å². The van der Waals surface area contributed by atoms with Gasteiger partial charge in [0.05, 0.1) is 0 Å². The Balaban J connectivity index is 2.36. The lowest BCUT2D eigenvalue weighted by atomic mass is 9.75. The molecule has 0 bridgehead atoms. The first-order valence-electron chi connectivity index (χ1n) is 6.32. The summed E-state index contributed by atoms with van der Waals surface area (Å²) in [6.07, 6.45) is 9.02. The molecule has 0 heterocycles. The van der Waals surface area contributed by atoms with E-state index in [9.17, 15) is 0 Å². The predicted molar refractivity (Wildman–Crippen MR) is 71.6 cm³/mol. The summed E-state index contributed by atoms with van der Waals surface area (Å²) in [6, 6.07) is 1.49. The first-order valence-corrected chi connectivity index (χ1v) is 7.72. The molecule has 0 aromatic carbocycles. The Morgan fingerprint density at radius 2 is 2.20 bits per heavy atom. The number of hydrogen-bond donors (Lipinski definition) is 1. The second-order valence-electron chi connectivity index (χ2n) is 5.68. The maximum absolute atomic E-state index is 3.84. The van der Waals surface area contributed by atoms with E-state index < -0.39 is 0 Å². The topological polar surface area (TPSA) is 12.0 Å². The molecule has 2 unspecified atom stereocenters. The lowest BCUT2D eigenvalue weighted by Gasteiger charge is -2.37. The van der Waals surface area contributed by atoms with E-state index in [1.54, 1.807) is 0 Å². The highest BCUT2D eigenvalue weighted by molar-refractivity contribution is 7.98. The van der Waals surface area contributed by atoms with Gasteiger partial charge in [0.1, 0.15) is 0 Å². The Labute approximate surface area is 99.8 Å². The zero-order valence-corrected chi connectivity index (χ0v) is 11.6. The van der Waals surface area contributed by atoms with E-state index in [0.717, 1.165) is 12.1 Å². The lowest BCUT2D eigenvalue weighted by Crippen LogP contribution is -2.43. The minimum absolute atomic E-state index is 0.563. The molecule has 0 amide bonds. The summed E-state index contributed by atoms with van der Waals surface area (Å²) >= 11 is 1.96. The van der Waals surface area contributed by atoms with Gasteiger partial charge < -0.3 is 5.32 Å². The normalized spacial score (nSPS) is 27.6. The molecule has 0 saturated heterocycles. The zero-order chi connectivity index (χ0) is 11.3. The first-order chi connectivity index (χ1) is 7.07. The molecule has 1 N–H and O–H groups in total. The quantitative estimate of drug-likeness (QED) is 0.772. The van der Waals surface area contributed by atoms with Crippen molar-refractivity contribution in [2.24, 2.45) is 5.41 Å². The van der Waals surface area contributed by atoms with Gasteiger partial charge in [-0.05, 0) is 37.4 Å². The van der Waals surface area contributed by atoms with E-state index in [1.807, 2.05) is 11.8 Å². The van der Waals surface area contributed by atoms with Gasteiger partial charge in [0.15, 0.2) is 0 Å². The maximum atomic E-state index is 3.84. The Kier molecular flexibility index (Phi) is 5.48. The fourth-order valence-electron chi connectivity index (χ4n) is 2.66. The van der Waals surface area contributed by atoms with Gasteiger partial charge in [0.25, 0.3) is 0 Å². The van der Waals surface area contributed by atoms with Gasteiger partial charge in [-0.25, -0.2) is 0 Å². The van der Waals surface area contributed by atoms with Crippen molar-refractivity contribution < 1.29 is 0 Å². The van der Waals surface area contributed by atoms with Crippen LogP contribution in [0.1, 0.15) is 52.9 Å². The highest BCUT2D eigenvalue weighted by Gasteiger charge is 2.28. The third-order valence-corrected chi connectivity index (χ3v) is 4.27. The lowest BCUT2D eigenvalue weighted by molar-refractivity contribution is 0.190. The van der Waals surface area contributed by atoms with Crippen molar-refractivity contribution >= 4 is 11.8 Å². The van der Waals surface area contributed by atoms with Crippen LogP contribution < -0.4 is 5.32 Å². The van der Waals surface area contributed by atoms with Crippen LogP contribution in [0.4, 0.5) is 0 Å². The summed E-state index contributed by atoms with van der Waals surface area (Å²) in [5.41, 5.74) is 0.563. The average Bonchev–Trinajstić information content (AvgIpc) is 2.15. The summed E-state index contributed by atoms with van der Waals surface area (Å²) in [5, 5.41) is 3.84. The molecule has 2 atom stereocenters. The number of rotatable bonds is 5. The number of nitrogens with one attached hydrogen (secondary N) is 1. The molecule has 1 saturated carbocycles. The summed E-state index contributed by atoms with van der Waals surface area (Å²) in [7, 11) is 0. The largest absolute Gasteiger partial charge is 0.310 e. The minimum atomic E-state index is 0.563. The molecule has 1 fully saturated rings. The van der Waals surface area contributed by atoms with Crippen LogP contribution in [-0.4, -0.2) is 24.1 Å². The SMILES string of the molecule is CCC(CSC)NC1CCCC(C)(C)C1. The van der Waals surface area contributed by atoms with Crippen molar-refractivity contribution in [1.82, 2.24) is 5.32 Å². The number of thioether (sulfide) groups is 1. The van der Waals surface area contributed by atoms with Crippen molar-refractivity contribution in [3.63, 3.8) is 0 Å². The standard InChI is InChI=1S/C13H27NS/c1-5-11(10-15-4)14-12-7-6-8-13(2,3)9-12/h11-12,14H,5-10H2,1-4H3. The van der Waals surface area contributed by atoms with Crippen LogP contribution >= 0.6 is 11.8 Å². The van der Waals surface area contributed by atoms with Gasteiger partial charge in [0.2, 0.25) is 0 Å². The molecule has 15 heavy (non-hydrogen) atoms. The summed E-state index contributed by atoms with van der Waals surface area (Å²) in [6.45, 7) is 7.12. The van der Waals surface area contributed by atoms with Gasteiger partial charge in [-0.1, -0.05) is 27.2 Å². The van der Waals surface area contributed by atoms with Gasteiger partial charge in [0, 0.05) is 17.8 Å². The van der Waals surface area contributed by atoms with Gasteiger partial charge in [-0.2, -0.15) is 11.8 Å². The molecule has 1 nitrogen and oxygen atoms in total. The third kappa shape index (κ3) is 4.78. The van der Waals surface area contributed by atoms with Crippen molar-refractivity contribution in [1.29, 1.82) is 0 Å². The Bertz CT molecular complexity index is 179. The van der Waals surface area contributed by atoms with Crippen LogP contribution in [0.2, 0.25) is 0 Å². The fourth-order valence-corrected chi connectivity index (χ4v) is 3.39. The van der Waals surface area contributed by atoms with Crippen molar-refractivity contribution in [2.45, 2.75) is 65.0 Å². The van der Waals surface area contributed by atoms with E-state index >= 15 is 0 Å². The zero-order valence-electron chi connectivity index (χ0n) is 10.8. The minimum Gasteiger partial charge on any atom is -0.310 e. The smallest absolute Gasteiger partial charge is 0.0158 e. The maximum Gasteiger partial charge on any atom is 0.0158 e. The molecule has 90 valence electrons. The van der Waals surface area contributed by atoms with E-state index in [-0.39, 0.29) is 0 Å². The van der Waals surface area contributed by atoms with Crippen molar-refractivity contribution in [3.8, 4) is 0 Å². The number of hydrogen-bond acceptors (Lipinski definition) is 2. The van der Waals surface area contributed by atoms with Crippen LogP contribution in [0.5, 0.6) is 0 Å². The molecule has 0 aliphatic heterocycles. The molecule has 0 radical (unpaired) electrons. The van der Waals surface area contributed by atoms with Crippen LogP contribution in [0.3, 0.4) is 0 Å². The Morgan fingerprint density at radius 1 is 1.47 bits per heavy atom. The monoisotopic (exact) mass is 229 g/mol. The summed E-state index contributed by atoms with van der Waals surface area (Å²) in [4.78, 5) is 0. The second-order valence-corrected chi connectivity index (χ2v) is 6.60. The Hall–Kier alpha value is 0.310. The van der Waals surface area contributed by atoms with Crippen molar-refractivity contribution in [3.05, 3.63) is 0 Å². The summed E-state index contributed by atoms with van der Waals surface area (Å²) in [5.74, 6) is 1.26. The van der Waals surface area contributed by atoms with Gasteiger partial charge in [-0.3, -0.25) is 0 Å². The molecule has 2 heteroatoms. The molecule has 0 aromatic heterocycles. The van der Waals surface area contributed by atoms with Crippen molar-refractivity contribution in [2.75, 3.05) is 12.0 Å². The predicted octanol–water partition coefficient (Wildman–Crippen LogP) is 3.69. The van der Waals surface area contributed by atoms with Crippen LogP contribution in [-0.2, 0) is 0 Å². The fraction of sp³-hybridized carbons (Fsp3) is 1.00. The Morgan fingerprint density at radius 3 is 2.73 bits per heavy atom. The third-order valence-electron chi connectivity index (χ3n) is 3.54. The van der Waals surface area contributed by atoms with Gasteiger partial charge >= 0.3 is 0 Å². The molecule has 1 aliphatic carbocycles. The van der Waals surface area contributed by atoms with E-state index in [1.165, 1.54) is 37.9 Å².